The molecule has 176 valence electrons. The van der Waals surface area contributed by atoms with E-state index >= 15 is 0 Å². The van der Waals surface area contributed by atoms with E-state index in [-0.39, 0.29) is 11.5 Å². The van der Waals surface area contributed by atoms with Crippen LogP contribution in [-0.2, 0) is 17.1 Å². The van der Waals surface area contributed by atoms with Gasteiger partial charge in [0.2, 0.25) is 5.91 Å². The Morgan fingerprint density at radius 3 is 2.74 bits per heavy atom. The number of aromatic nitrogens is 2. The number of carbonyl (C=O) groups is 1. The van der Waals surface area contributed by atoms with Gasteiger partial charge in [-0.05, 0) is 37.0 Å². The molecule has 34 heavy (non-hydrogen) atoms. The van der Waals surface area contributed by atoms with E-state index in [0.29, 0.717) is 46.1 Å². The highest BCUT2D eigenvalue weighted by Crippen LogP contribution is 2.33. The summed E-state index contributed by atoms with van der Waals surface area (Å²) in [5.41, 5.74) is 1.72. The van der Waals surface area contributed by atoms with E-state index in [1.54, 1.807) is 4.57 Å². The Balaban J connectivity index is 1.41. The van der Waals surface area contributed by atoms with Gasteiger partial charge < -0.3 is 5.32 Å². The number of rotatable bonds is 8. The molecule has 2 aromatic heterocycles. The lowest BCUT2D eigenvalue weighted by Gasteiger charge is -2.14. The van der Waals surface area contributed by atoms with Crippen molar-refractivity contribution in [3.05, 3.63) is 69.5 Å². The Hall–Kier alpha value is -2.35. The predicted molar refractivity (Wildman–Crippen MR) is 142 cm³/mol. The van der Waals surface area contributed by atoms with E-state index in [9.17, 15) is 9.59 Å². The largest absolute Gasteiger partial charge is 0.353 e. The van der Waals surface area contributed by atoms with Gasteiger partial charge in [0.05, 0.1) is 5.52 Å². The number of nitrogens with one attached hydrogen (secondary N) is 1. The van der Waals surface area contributed by atoms with Crippen LogP contribution < -0.4 is 10.9 Å². The average molecular weight is 512 g/mol. The van der Waals surface area contributed by atoms with E-state index in [2.05, 4.69) is 5.32 Å². The van der Waals surface area contributed by atoms with Crippen LogP contribution in [0.5, 0.6) is 0 Å². The van der Waals surface area contributed by atoms with Crippen molar-refractivity contribution in [1.82, 2.24) is 14.9 Å². The normalized spacial score (nSPS) is 14.3. The maximum Gasteiger partial charge on any atom is 0.272 e. The molecule has 0 atom stereocenters. The van der Waals surface area contributed by atoms with Crippen molar-refractivity contribution in [1.29, 1.82) is 0 Å². The first kappa shape index (κ1) is 23.4. The van der Waals surface area contributed by atoms with Gasteiger partial charge in [0, 0.05) is 39.9 Å². The van der Waals surface area contributed by atoms with Crippen LogP contribution >= 0.6 is 34.7 Å². The maximum atomic E-state index is 13.5. The van der Waals surface area contributed by atoms with Crippen molar-refractivity contribution in [2.75, 3.05) is 0 Å². The minimum absolute atomic E-state index is 0.0379. The minimum atomic E-state index is -0.0379. The molecule has 4 aromatic rings. The Labute approximate surface area is 211 Å². The van der Waals surface area contributed by atoms with Crippen LogP contribution in [0.3, 0.4) is 0 Å². The zero-order valence-electron chi connectivity index (χ0n) is 18.8. The summed E-state index contributed by atoms with van der Waals surface area (Å²) < 4.78 is 3.46. The molecule has 1 aliphatic carbocycles. The highest BCUT2D eigenvalue weighted by Gasteiger charge is 2.19. The van der Waals surface area contributed by atoms with Gasteiger partial charge in [0.15, 0.2) is 5.16 Å². The van der Waals surface area contributed by atoms with Crippen molar-refractivity contribution in [3.8, 4) is 0 Å². The number of thiophene rings is 1. The zero-order chi connectivity index (χ0) is 23.5. The lowest BCUT2D eigenvalue weighted by Crippen LogP contribution is -2.32. The summed E-state index contributed by atoms with van der Waals surface area (Å²) in [6.07, 6.45) is 5.51. The fraction of sp³-hybridized carbons (Fsp3) is 0.346. The molecule has 2 aromatic carbocycles. The topological polar surface area (TPSA) is 64.0 Å². The van der Waals surface area contributed by atoms with Gasteiger partial charge in [0.25, 0.3) is 5.56 Å². The summed E-state index contributed by atoms with van der Waals surface area (Å²) in [4.78, 5) is 30.9. The van der Waals surface area contributed by atoms with Gasteiger partial charge in [-0.1, -0.05) is 72.6 Å². The van der Waals surface area contributed by atoms with E-state index in [1.807, 2.05) is 48.5 Å². The van der Waals surface area contributed by atoms with E-state index < -0.39 is 0 Å². The minimum Gasteiger partial charge on any atom is -0.353 e. The summed E-state index contributed by atoms with van der Waals surface area (Å²) in [5, 5.41) is 5.50. The molecule has 5 rings (SSSR count). The van der Waals surface area contributed by atoms with Crippen LogP contribution in [0.4, 0.5) is 0 Å². The van der Waals surface area contributed by atoms with E-state index in [0.717, 1.165) is 34.0 Å². The molecular weight excluding hydrogens is 486 g/mol. The molecule has 8 heteroatoms. The Bertz CT molecular complexity index is 1390. The highest BCUT2D eigenvalue weighted by atomic mass is 35.5. The van der Waals surface area contributed by atoms with Crippen LogP contribution in [0.2, 0.25) is 5.02 Å². The van der Waals surface area contributed by atoms with Gasteiger partial charge in [-0.2, -0.15) is 0 Å². The first-order valence-electron chi connectivity index (χ1n) is 11.7. The Morgan fingerprint density at radius 2 is 1.91 bits per heavy atom. The monoisotopic (exact) mass is 511 g/mol. The van der Waals surface area contributed by atoms with Gasteiger partial charge in [-0.15, -0.1) is 11.3 Å². The molecule has 0 aliphatic heterocycles. The molecule has 1 N–H and O–H groups in total. The van der Waals surface area contributed by atoms with Crippen LogP contribution in [0.1, 0.15) is 44.1 Å². The van der Waals surface area contributed by atoms with Crippen LogP contribution in [0.25, 0.3) is 20.3 Å². The summed E-state index contributed by atoms with van der Waals surface area (Å²) in [5.74, 6) is 0.683. The van der Waals surface area contributed by atoms with Crippen LogP contribution in [0, 0.1) is 0 Å². The summed E-state index contributed by atoms with van der Waals surface area (Å²) >= 11 is 9.36. The van der Waals surface area contributed by atoms with Crippen molar-refractivity contribution in [2.24, 2.45) is 0 Å². The molecule has 1 aliphatic rings. The number of carbonyl (C=O) groups excluding carboxylic acids is 1. The molecule has 1 fully saturated rings. The fourth-order valence-corrected chi connectivity index (χ4v) is 6.88. The number of halogens is 1. The number of hydrogen-bond acceptors (Lipinski definition) is 5. The molecular formula is C26H26ClN3O2S2. The number of benzene rings is 2. The van der Waals surface area contributed by atoms with E-state index in [4.69, 9.17) is 16.6 Å². The van der Waals surface area contributed by atoms with Gasteiger partial charge in [0.1, 0.15) is 4.70 Å². The third-order valence-corrected chi connectivity index (χ3v) is 8.81. The molecule has 0 bridgehead atoms. The molecule has 1 saturated carbocycles. The summed E-state index contributed by atoms with van der Waals surface area (Å²) in [6.45, 7) is 0.457. The van der Waals surface area contributed by atoms with Crippen molar-refractivity contribution in [3.63, 3.8) is 0 Å². The van der Waals surface area contributed by atoms with Crippen LogP contribution in [0.15, 0.2) is 58.5 Å². The molecule has 5 nitrogen and oxygen atoms in total. The second-order valence-corrected chi connectivity index (χ2v) is 11.1. The molecule has 2 heterocycles. The van der Waals surface area contributed by atoms with Crippen molar-refractivity contribution in [2.45, 2.75) is 62.0 Å². The second kappa shape index (κ2) is 10.5. The van der Waals surface area contributed by atoms with Crippen molar-refractivity contribution < 1.29 is 4.79 Å². The van der Waals surface area contributed by atoms with Gasteiger partial charge >= 0.3 is 0 Å². The number of thioether (sulfide) groups is 1. The summed E-state index contributed by atoms with van der Waals surface area (Å²) in [7, 11) is 0. The predicted octanol–water partition coefficient (Wildman–Crippen LogP) is 6.40. The lowest BCUT2D eigenvalue weighted by molar-refractivity contribution is -0.121. The van der Waals surface area contributed by atoms with Gasteiger partial charge in [-0.3, -0.25) is 14.2 Å². The maximum absolute atomic E-state index is 13.5. The second-order valence-electron chi connectivity index (χ2n) is 8.66. The third-order valence-electron chi connectivity index (χ3n) is 6.27. The third kappa shape index (κ3) is 5.02. The van der Waals surface area contributed by atoms with E-state index in [1.165, 1.54) is 35.9 Å². The number of hydrogen-bond donors (Lipinski definition) is 1. The smallest absolute Gasteiger partial charge is 0.272 e. The molecule has 0 unspecified atom stereocenters. The van der Waals surface area contributed by atoms with Crippen molar-refractivity contribution >= 4 is 60.9 Å². The van der Waals surface area contributed by atoms with Gasteiger partial charge in [-0.25, -0.2) is 4.98 Å². The lowest BCUT2D eigenvalue weighted by atomic mass is 10.2. The standard InChI is InChI=1S/C26H26ClN3O2S2/c27-20-12-5-1-8-17(20)16-33-26-29-23-19-11-4-6-13-21(19)34-24(23)25(32)30(26)15-7-14-22(31)28-18-9-2-3-10-18/h1,4-6,8,11-13,18H,2-3,7,9-10,14-16H2,(H,28,31). The highest BCUT2D eigenvalue weighted by molar-refractivity contribution is 7.98. The SMILES string of the molecule is O=C(CCCn1c(SCc2ccccc2Cl)nc2c(sc3ccccc32)c1=O)NC1CCCC1. The quantitative estimate of drug-likeness (QED) is 0.220. The molecule has 0 radical (unpaired) electrons. The average Bonchev–Trinajstić information content (AvgIpc) is 3.48. The molecule has 1 amide bonds. The number of amides is 1. The fourth-order valence-electron chi connectivity index (χ4n) is 4.49. The molecule has 0 saturated heterocycles. The first-order valence-corrected chi connectivity index (χ1v) is 13.9. The molecule has 0 spiro atoms. The first-order chi connectivity index (χ1) is 16.6. The Kier molecular flexibility index (Phi) is 7.23. The number of nitrogens with zero attached hydrogens (tertiary/aromatic N) is 2. The van der Waals surface area contributed by atoms with Crippen LogP contribution in [-0.4, -0.2) is 21.5 Å². The zero-order valence-corrected chi connectivity index (χ0v) is 21.1. The summed E-state index contributed by atoms with van der Waals surface area (Å²) in [6, 6.07) is 16.0. The number of fused-ring (bicyclic) bond motifs is 3. The Morgan fingerprint density at radius 1 is 1.15 bits per heavy atom.